The number of esters is 1. The molecule has 4 heteroatoms. The first-order valence-electron chi connectivity index (χ1n) is 8.58. The van der Waals surface area contributed by atoms with Crippen molar-refractivity contribution in [2.75, 3.05) is 6.61 Å². The van der Waals surface area contributed by atoms with Crippen LogP contribution in [0.25, 0.3) is 0 Å². The SMILES string of the molecule is CCCCCCCCCCCC(=O)OC(=O)OCCCC. The Morgan fingerprint density at radius 3 is 1.81 bits per heavy atom. The van der Waals surface area contributed by atoms with Crippen LogP contribution in [0.2, 0.25) is 0 Å². The maximum Gasteiger partial charge on any atom is 0.516 e. The Hall–Kier alpha value is -1.06. The number of hydrogen-bond acceptors (Lipinski definition) is 4. The molecular weight excluding hydrogens is 268 g/mol. The summed E-state index contributed by atoms with van der Waals surface area (Å²) in [4.78, 5) is 22.5. The van der Waals surface area contributed by atoms with E-state index < -0.39 is 12.1 Å². The van der Waals surface area contributed by atoms with E-state index in [4.69, 9.17) is 4.74 Å². The van der Waals surface area contributed by atoms with Crippen molar-refractivity contribution in [2.24, 2.45) is 0 Å². The zero-order chi connectivity index (χ0) is 15.8. The van der Waals surface area contributed by atoms with E-state index in [2.05, 4.69) is 11.7 Å². The van der Waals surface area contributed by atoms with Gasteiger partial charge in [-0.15, -0.1) is 0 Å². The molecule has 0 aliphatic heterocycles. The lowest BCUT2D eigenvalue weighted by atomic mass is 10.1. The number of rotatable bonds is 13. The van der Waals surface area contributed by atoms with Gasteiger partial charge in [0, 0.05) is 6.42 Å². The molecule has 0 saturated heterocycles. The van der Waals surface area contributed by atoms with Crippen LogP contribution in [-0.4, -0.2) is 18.7 Å². The largest absolute Gasteiger partial charge is 0.516 e. The highest BCUT2D eigenvalue weighted by Gasteiger charge is 2.10. The normalized spacial score (nSPS) is 10.4. The van der Waals surface area contributed by atoms with Gasteiger partial charge in [0.1, 0.15) is 0 Å². The van der Waals surface area contributed by atoms with Gasteiger partial charge in [-0.05, 0) is 12.8 Å². The minimum absolute atomic E-state index is 0.304. The third kappa shape index (κ3) is 15.2. The van der Waals surface area contributed by atoms with Gasteiger partial charge in [-0.25, -0.2) is 4.79 Å². The van der Waals surface area contributed by atoms with Crippen LogP contribution in [0.1, 0.15) is 90.9 Å². The predicted octanol–water partition coefficient (Wildman–Crippen LogP) is 5.39. The van der Waals surface area contributed by atoms with Crippen molar-refractivity contribution in [3.63, 3.8) is 0 Å². The summed E-state index contributed by atoms with van der Waals surface area (Å²) < 4.78 is 9.33. The van der Waals surface area contributed by atoms with Crippen molar-refractivity contribution in [3.8, 4) is 0 Å². The van der Waals surface area contributed by atoms with Gasteiger partial charge < -0.3 is 9.47 Å². The molecule has 0 aliphatic rings. The highest BCUT2D eigenvalue weighted by Crippen LogP contribution is 2.10. The van der Waals surface area contributed by atoms with Gasteiger partial charge in [-0.1, -0.05) is 71.6 Å². The second kappa shape index (κ2) is 15.3. The molecule has 0 fully saturated rings. The fourth-order valence-electron chi connectivity index (χ4n) is 2.05. The minimum Gasteiger partial charge on any atom is -0.434 e. The van der Waals surface area contributed by atoms with Crippen molar-refractivity contribution in [3.05, 3.63) is 0 Å². The molecular formula is C17H32O4. The smallest absolute Gasteiger partial charge is 0.434 e. The van der Waals surface area contributed by atoms with Crippen LogP contribution in [0.5, 0.6) is 0 Å². The van der Waals surface area contributed by atoms with Crippen molar-refractivity contribution < 1.29 is 19.1 Å². The highest BCUT2D eigenvalue weighted by molar-refractivity contribution is 5.81. The van der Waals surface area contributed by atoms with Crippen LogP contribution in [0.3, 0.4) is 0 Å². The topological polar surface area (TPSA) is 52.6 Å². The van der Waals surface area contributed by atoms with Gasteiger partial charge in [0.05, 0.1) is 6.61 Å². The van der Waals surface area contributed by atoms with E-state index in [1.165, 1.54) is 38.5 Å². The first-order valence-corrected chi connectivity index (χ1v) is 8.58. The summed E-state index contributed by atoms with van der Waals surface area (Å²) in [6.45, 7) is 4.54. The third-order valence-corrected chi connectivity index (χ3v) is 3.40. The number of ether oxygens (including phenoxy) is 2. The van der Waals surface area contributed by atoms with Gasteiger partial charge in [0.15, 0.2) is 0 Å². The summed E-state index contributed by atoms with van der Waals surface area (Å²) in [6.07, 6.45) is 11.9. The first kappa shape index (κ1) is 19.9. The van der Waals surface area contributed by atoms with Crippen LogP contribution in [0.15, 0.2) is 0 Å². The van der Waals surface area contributed by atoms with Crippen molar-refractivity contribution in [2.45, 2.75) is 90.9 Å². The summed E-state index contributed by atoms with van der Waals surface area (Å²) in [5.41, 5.74) is 0. The molecule has 0 amide bonds. The van der Waals surface area contributed by atoms with Crippen LogP contribution in [-0.2, 0) is 14.3 Å². The molecule has 4 nitrogen and oxygen atoms in total. The lowest BCUT2D eigenvalue weighted by molar-refractivity contribution is -0.139. The Morgan fingerprint density at radius 2 is 1.24 bits per heavy atom. The van der Waals surface area contributed by atoms with Gasteiger partial charge in [-0.3, -0.25) is 4.79 Å². The molecule has 124 valence electrons. The summed E-state index contributed by atoms with van der Waals surface area (Å²) in [5.74, 6) is -0.473. The van der Waals surface area contributed by atoms with Crippen molar-refractivity contribution in [1.29, 1.82) is 0 Å². The predicted molar refractivity (Wildman–Crippen MR) is 84.2 cm³/mol. The van der Waals surface area contributed by atoms with E-state index in [-0.39, 0.29) is 0 Å². The van der Waals surface area contributed by atoms with Gasteiger partial charge in [0.25, 0.3) is 0 Å². The van der Waals surface area contributed by atoms with E-state index >= 15 is 0 Å². The van der Waals surface area contributed by atoms with Crippen LogP contribution in [0.4, 0.5) is 4.79 Å². The first-order chi connectivity index (χ1) is 10.2. The molecule has 0 unspecified atom stereocenters. The van der Waals surface area contributed by atoms with Crippen LogP contribution in [0, 0.1) is 0 Å². The second-order valence-corrected chi connectivity index (χ2v) is 5.50. The number of hydrogen-bond donors (Lipinski definition) is 0. The van der Waals surface area contributed by atoms with Crippen LogP contribution < -0.4 is 0 Å². The van der Waals surface area contributed by atoms with E-state index in [9.17, 15) is 9.59 Å². The zero-order valence-corrected chi connectivity index (χ0v) is 13.8. The Balaban J connectivity index is 3.31. The molecule has 0 saturated carbocycles. The molecule has 0 radical (unpaired) electrons. The molecule has 0 aliphatic carbocycles. The molecule has 0 atom stereocenters. The highest BCUT2D eigenvalue weighted by atomic mass is 16.7. The molecule has 21 heavy (non-hydrogen) atoms. The van der Waals surface area contributed by atoms with E-state index in [0.29, 0.717) is 13.0 Å². The number of carbonyl (C=O) groups is 2. The summed E-state index contributed by atoms with van der Waals surface area (Å²) in [7, 11) is 0. The van der Waals surface area contributed by atoms with Gasteiger partial charge >= 0.3 is 12.1 Å². The molecule has 0 aromatic heterocycles. The van der Waals surface area contributed by atoms with E-state index in [0.717, 1.165) is 32.1 Å². The average molecular weight is 300 g/mol. The van der Waals surface area contributed by atoms with Crippen LogP contribution >= 0.6 is 0 Å². The molecule has 0 heterocycles. The maximum absolute atomic E-state index is 11.4. The fourth-order valence-corrected chi connectivity index (χ4v) is 2.05. The molecule has 0 rings (SSSR count). The monoisotopic (exact) mass is 300 g/mol. The molecule has 0 N–H and O–H groups in total. The zero-order valence-electron chi connectivity index (χ0n) is 13.8. The van der Waals surface area contributed by atoms with E-state index in [1.807, 2.05) is 6.92 Å². The minimum atomic E-state index is -0.857. The Bertz CT molecular complexity index is 264. The lowest BCUT2D eigenvalue weighted by Gasteiger charge is -2.04. The summed E-state index contributed by atoms with van der Waals surface area (Å²) in [6, 6.07) is 0. The standard InChI is InChI=1S/C17H32O4/c1-3-5-7-8-9-10-11-12-13-14-16(18)21-17(19)20-15-6-4-2/h3-15H2,1-2H3. The summed E-state index contributed by atoms with van der Waals surface area (Å²) >= 11 is 0. The summed E-state index contributed by atoms with van der Waals surface area (Å²) in [5, 5.41) is 0. The van der Waals surface area contributed by atoms with Gasteiger partial charge in [0.2, 0.25) is 0 Å². The number of carbonyl (C=O) groups excluding carboxylic acids is 2. The Labute approximate surface area is 129 Å². The Morgan fingerprint density at radius 1 is 0.714 bits per heavy atom. The fraction of sp³-hybridized carbons (Fsp3) is 0.882. The quantitative estimate of drug-likeness (QED) is 0.260. The lowest BCUT2D eigenvalue weighted by Crippen LogP contribution is -2.14. The Kier molecular flexibility index (Phi) is 14.6. The second-order valence-electron chi connectivity index (χ2n) is 5.50. The molecule has 0 aromatic carbocycles. The van der Waals surface area contributed by atoms with Crippen molar-refractivity contribution in [1.82, 2.24) is 0 Å². The van der Waals surface area contributed by atoms with Crippen molar-refractivity contribution >= 4 is 12.1 Å². The number of unbranched alkanes of at least 4 members (excludes halogenated alkanes) is 9. The van der Waals surface area contributed by atoms with Gasteiger partial charge in [-0.2, -0.15) is 0 Å². The molecule has 0 spiro atoms. The molecule has 0 bridgehead atoms. The maximum atomic E-state index is 11.4. The third-order valence-electron chi connectivity index (χ3n) is 3.40. The van der Waals surface area contributed by atoms with E-state index in [1.54, 1.807) is 0 Å². The molecule has 0 aromatic rings. The average Bonchev–Trinajstić information content (AvgIpc) is 2.45.